The molecule has 0 saturated carbocycles. The highest BCUT2D eigenvalue weighted by molar-refractivity contribution is 5.94. The van der Waals surface area contributed by atoms with Crippen molar-refractivity contribution in [2.45, 2.75) is 19.0 Å². The van der Waals surface area contributed by atoms with Gasteiger partial charge in [0.25, 0.3) is 5.91 Å². The number of benzene rings is 3. The molecule has 0 bridgehead atoms. The number of fused-ring (bicyclic) bond motifs is 1. The molecule has 4 rings (SSSR count). The van der Waals surface area contributed by atoms with Crippen LogP contribution in [0.4, 0.5) is 5.69 Å². The van der Waals surface area contributed by atoms with Crippen LogP contribution in [-0.4, -0.2) is 23.4 Å². The highest BCUT2D eigenvalue weighted by Crippen LogP contribution is 2.26. The summed E-state index contributed by atoms with van der Waals surface area (Å²) in [6.45, 7) is 1.13. The minimum absolute atomic E-state index is 0.00745. The number of nitrogens with zero attached hydrogens (tertiary/aromatic N) is 2. The molecule has 1 atom stereocenters. The molecule has 0 saturated heterocycles. The van der Waals surface area contributed by atoms with Gasteiger partial charge in [0.15, 0.2) is 0 Å². The molecule has 1 amide bonds. The number of carbonyl (C=O) groups is 1. The number of rotatable bonds is 3. The van der Waals surface area contributed by atoms with Crippen molar-refractivity contribution in [1.29, 1.82) is 5.26 Å². The Morgan fingerprint density at radius 2 is 1.75 bits per heavy atom. The van der Waals surface area contributed by atoms with Crippen LogP contribution in [0.2, 0.25) is 0 Å². The average molecular weight is 367 g/mol. The molecular formula is C24H21N3O. The van der Waals surface area contributed by atoms with Crippen LogP contribution in [0.5, 0.6) is 0 Å². The largest absolute Gasteiger partial charge is 0.383 e. The molecule has 1 aliphatic rings. The van der Waals surface area contributed by atoms with Gasteiger partial charge in [-0.05, 0) is 47.9 Å². The molecule has 0 fully saturated rings. The van der Waals surface area contributed by atoms with Crippen LogP contribution < -0.4 is 5.32 Å². The van der Waals surface area contributed by atoms with Crippen molar-refractivity contribution in [2.24, 2.45) is 0 Å². The summed E-state index contributed by atoms with van der Waals surface area (Å²) in [5, 5.41) is 12.7. The monoisotopic (exact) mass is 367 g/mol. The molecule has 3 aromatic carbocycles. The molecular weight excluding hydrogens is 346 g/mol. The Morgan fingerprint density at radius 3 is 2.46 bits per heavy atom. The minimum Gasteiger partial charge on any atom is -0.383 e. The van der Waals surface area contributed by atoms with Crippen LogP contribution in [0.1, 0.15) is 27.0 Å². The molecule has 1 N–H and O–H groups in total. The van der Waals surface area contributed by atoms with Gasteiger partial charge in [0.2, 0.25) is 0 Å². The predicted molar refractivity (Wildman–Crippen MR) is 110 cm³/mol. The number of carbonyl (C=O) groups excluding carboxylic acids is 1. The van der Waals surface area contributed by atoms with Crippen LogP contribution in [0.3, 0.4) is 0 Å². The number of nitrogens with one attached hydrogen (secondary N) is 1. The fourth-order valence-electron chi connectivity index (χ4n) is 3.67. The zero-order valence-corrected chi connectivity index (χ0v) is 15.5. The Labute approximate surface area is 165 Å². The lowest BCUT2D eigenvalue weighted by atomic mass is 10.0. The van der Waals surface area contributed by atoms with Gasteiger partial charge in [-0.1, -0.05) is 48.5 Å². The van der Waals surface area contributed by atoms with Gasteiger partial charge < -0.3 is 10.2 Å². The lowest BCUT2D eigenvalue weighted by molar-refractivity contribution is 0.0675. The minimum atomic E-state index is 0.00745. The van der Waals surface area contributed by atoms with E-state index in [9.17, 15) is 10.1 Å². The Balaban J connectivity index is 1.70. The van der Waals surface area contributed by atoms with E-state index >= 15 is 0 Å². The zero-order valence-electron chi connectivity index (χ0n) is 15.5. The van der Waals surface area contributed by atoms with E-state index in [1.807, 2.05) is 71.6 Å². The number of amides is 1. The van der Waals surface area contributed by atoms with E-state index in [4.69, 9.17) is 0 Å². The molecule has 0 radical (unpaired) electrons. The maximum atomic E-state index is 13.4. The maximum absolute atomic E-state index is 13.4. The fraction of sp³-hybridized carbons (Fsp3) is 0.167. The first-order chi connectivity index (χ1) is 13.7. The zero-order chi connectivity index (χ0) is 19.3. The lowest BCUT2D eigenvalue weighted by Crippen LogP contribution is -2.43. The summed E-state index contributed by atoms with van der Waals surface area (Å²) in [7, 11) is 0. The summed E-state index contributed by atoms with van der Waals surface area (Å²) in [6.07, 6.45) is 0.769. The van der Waals surface area contributed by atoms with E-state index in [0.29, 0.717) is 24.2 Å². The quantitative estimate of drug-likeness (QED) is 0.753. The Kier molecular flexibility index (Phi) is 5.07. The van der Waals surface area contributed by atoms with Gasteiger partial charge in [-0.2, -0.15) is 5.26 Å². The Bertz CT molecular complexity index is 1010. The summed E-state index contributed by atoms with van der Waals surface area (Å²) < 4.78 is 0. The summed E-state index contributed by atoms with van der Waals surface area (Å²) in [5.74, 6) is 0.0125. The highest BCUT2D eigenvalue weighted by Gasteiger charge is 2.28. The number of hydrogen-bond acceptors (Lipinski definition) is 3. The molecule has 4 nitrogen and oxygen atoms in total. The molecule has 3 aromatic rings. The Morgan fingerprint density at radius 1 is 1.04 bits per heavy atom. The smallest absolute Gasteiger partial charge is 0.254 e. The van der Waals surface area contributed by atoms with Gasteiger partial charge in [0, 0.05) is 24.3 Å². The SMILES string of the molecule is N#Cc1ccc2c(c1)CN(C(=O)c1ccccc1)[C@H](Cc1ccccc1)CN2. The molecule has 0 aromatic heterocycles. The summed E-state index contributed by atoms with van der Waals surface area (Å²) in [5.41, 5.74) is 4.44. The predicted octanol–water partition coefficient (Wildman–Crippen LogP) is 4.24. The standard InChI is InChI=1S/C24H21N3O/c25-15-19-11-12-23-21(13-19)17-27(24(28)20-9-5-2-6-10-20)22(16-26-23)14-18-7-3-1-4-8-18/h1-13,22,26H,14,16-17H2/t22-/m1/s1. The summed E-state index contributed by atoms with van der Waals surface area (Å²) >= 11 is 0. The molecule has 4 heteroatoms. The maximum Gasteiger partial charge on any atom is 0.254 e. The molecule has 1 heterocycles. The molecule has 138 valence electrons. The van der Waals surface area contributed by atoms with Crippen molar-refractivity contribution in [1.82, 2.24) is 4.90 Å². The van der Waals surface area contributed by atoms with Crippen molar-refractivity contribution in [3.8, 4) is 6.07 Å². The molecule has 1 aliphatic heterocycles. The highest BCUT2D eigenvalue weighted by atomic mass is 16.2. The summed E-state index contributed by atoms with van der Waals surface area (Å²) in [4.78, 5) is 15.3. The molecule has 0 unspecified atom stereocenters. The Hall–Kier alpha value is -3.58. The van der Waals surface area contributed by atoms with Gasteiger partial charge >= 0.3 is 0 Å². The van der Waals surface area contributed by atoms with Crippen LogP contribution in [0.25, 0.3) is 0 Å². The molecule has 0 spiro atoms. The molecule has 0 aliphatic carbocycles. The van der Waals surface area contributed by atoms with E-state index in [1.54, 1.807) is 0 Å². The first-order valence-electron chi connectivity index (χ1n) is 9.41. The van der Waals surface area contributed by atoms with Crippen molar-refractivity contribution in [3.63, 3.8) is 0 Å². The first-order valence-corrected chi connectivity index (χ1v) is 9.41. The number of nitriles is 1. The third kappa shape index (κ3) is 3.74. The van der Waals surface area contributed by atoms with Gasteiger partial charge in [0.1, 0.15) is 0 Å². The van der Waals surface area contributed by atoms with Crippen LogP contribution in [0.15, 0.2) is 78.9 Å². The first kappa shape index (κ1) is 17.8. The molecule has 28 heavy (non-hydrogen) atoms. The van der Waals surface area contributed by atoms with Crippen molar-refractivity contribution >= 4 is 11.6 Å². The second kappa shape index (κ2) is 7.98. The third-order valence-electron chi connectivity index (χ3n) is 5.14. The van der Waals surface area contributed by atoms with Gasteiger partial charge in [-0.15, -0.1) is 0 Å². The summed E-state index contributed by atoms with van der Waals surface area (Å²) in [6, 6.07) is 27.5. The van der Waals surface area contributed by atoms with E-state index < -0.39 is 0 Å². The second-order valence-electron chi connectivity index (χ2n) is 7.01. The van der Waals surface area contributed by atoms with Gasteiger partial charge in [-0.25, -0.2) is 0 Å². The topological polar surface area (TPSA) is 56.1 Å². The van der Waals surface area contributed by atoms with Crippen LogP contribution in [0, 0.1) is 11.3 Å². The van der Waals surface area contributed by atoms with Crippen molar-refractivity contribution in [2.75, 3.05) is 11.9 Å². The van der Waals surface area contributed by atoms with Crippen LogP contribution in [-0.2, 0) is 13.0 Å². The van der Waals surface area contributed by atoms with E-state index in [1.165, 1.54) is 5.56 Å². The number of anilines is 1. The normalized spacial score (nSPS) is 15.7. The number of hydrogen-bond donors (Lipinski definition) is 1. The lowest BCUT2D eigenvalue weighted by Gasteiger charge is -2.30. The van der Waals surface area contributed by atoms with E-state index in [0.717, 1.165) is 17.7 Å². The average Bonchev–Trinajstić information content (AvgIpc) is 2.93. The van der Waals surface area contributed by atoms with Crippen molar-refractivity contribution in [3.05, 3.63) is 101 Å². The van der Waals surface area contributed by atoms with E-state index in [-0.39, 0.29) is 11.9 Å². The second-order valence-corrected chi connectivity index (χ2v) is 7.01. The van der Waals surface area contributed by atoms with Crippen LogP contribution >= 0.6 is 0 Å². The van der Waals surface area contributed by atoms with Crippen molar-refractivity contribution < 1.29 is 4.79 Å². The van der Waals surface area contributed by atoms with E-state index in [2.05, 4.69) is 23.5 Å². The third-order valence-corrected chi connectivity index (χ3v) is 5.14. The fourth-order valence-corrected chi connectivity index (χ4v) is 3.67. The van der Waals surface area contributed by atoms with Gasteiger partial charge in [0.05, 0.1) is 17.7 Å². The van der Waals surface area contributed by atoms with Gasteiger partial charge in [-0.3, -0.25) is 4.79 Å².